The summed E-state index contributed by atoms with van der Waals surface area (Å²) in [7, 11) is -4.17. The van der Waals surface area contributed by atoms with Crippen LogP contribution in [0.15, 0.2) is 95.4 Å². The molecule has 3 aromatic carbocycles. The topological polar surface area (TPSA) is 140 Å². The van der Waals surface area contributed by atoms with Crippen LogP contribution >= 0.6 is 0 Å². The first-order chi connectivity index (χ1) is 18.3. The highest BCUT2D eigenvalue weighted by Gasteiger charge is 2.27. The van der Waals surface area contributed by atoms with Gasteiger partial charge in [0.15, 0.2) is 11.5 Å². The van der Waals surface area contributed by atoms with Crippen LogP contribution in [0.3, 0.4) is 0 Å². The summed E-state index contributed by atoms with van der Waals surface area (Å²) >= 11 is 0. The molecule has 0 spiro atoms. The smallest absolute Gasteiger partial charge is 0.269 e. The molecule has 198 valence electrons. The predicted molar refractivity (Wildman–Crippen MR) is 143 cm³/mol. The molecule has 0 bridgehead atoms. The largest absolute Gasteiger partial charge is 0.490 e. The van der Waals surface area contributed by atoms with Crippen molar-refractivity contribution in [3.05, 3.63) is 101 Å². The van der Waals surface area contributed by atoms with Crippen molar-refractivity contribution in [3.63, 3.8) is 0 Å². The maximum atomic E-state index is 13.3. The molecule has 0 atom stereocenters. The number of sulfonamides is 1. The van der Waals surface area contributed by atoms with E-state index in [4.69, 9.17) is 9.47 Å². The fraction of sp³-hybridized carbons (Fsp3) is 0.154. The molecular formula is C26H26N4O7S. The molecule has 1 amide bonds. The minimum atomic E-state index is -4.17. The number of carbonyl (C=O) groups excluding carboxylic acids is 1. The van der Waals surface area contributed by atoms with Crippen LogP contribution in [-0.2, 0) is 14.8 Å². The number of nitrogens with zero attached hydrogens (tertiary/aromatic N) is 3. The summed E-state index contributed by atoms with van der Waals surface area (Å²) in [4.78, 5) is 23.1. The number of anilines is 1. The first-order valence-corrected chi connectivity index (χ1v) is 12.8. The Morgan fingerprint density at radius 3 is 2.42 bits per heavy atom. The molecular weight excluding hydrogens is 512 g/mol. The van der Waals surface area contributed by atoms with E-state index in [0.29, 0.717) is 30.3 Å². The molecule has 11 nitrogen and oxygen atoms in total. The average molecular weight is 539 g/mol. The van der Waals surface area contributed by atoms with Gasteiger partial charge >= 0.3 is 0 Å². The van der Waals surface area contributed by atoms with Gasteiger partial charge in [0.1, 0.15) is 13.2 Å². The van der Waals surface area contributed by atoms with Crippen molar-refractivity contribution in [2.45, 2.75) is 11.8 Å². The van der Waals surface area contributed by atoms with E-state index in [-0.39, 0.29) is 16.3 Å². The van der Waals surface area contributed by atoms with Crippen LogP contribution in [0.2, 0.25) is 0 Å². The van der Waals surface area contributed by atoms with Gasteiger partial charge in [0.25, 0.3) is 21.6 Å². The van der Waals surface area contributed by atoms with Gasteiger partial charge in [-0.1, -0.05) is 30.9 Å². The third kappa shape index (κ3) is 7.17. The molecule has 0 saturated heterocycles. The van der Waals surface area contributed by atoms with Crippen LogP contribution in [0.25, 0.3) is 0 Å². The molecule has 0 aliphatic carbocycles. The van der Waals surface area contributed by atoms with Gasteiger partial charge in [-0.15, -0.1) is 0 Å². The molecule has 0 aliphatic rings. The van der Waals surface area contributed by atoms with E-state index in [1.165, 1.54) is 30.5 Å². The standard InChI is InChI=1S/C26H26N4O7S/c1-3-16-37-24-15-10-20(17-25(24)36-4-2)18-27-28-26(31)19-29(21-11-13-22(14-12-21)30(32)33)38(34,35)23-8-6-5-7-9-23/h3,5-15,17-18H,1,4,16,19H2,2H3,(H,28,31)/b27-18-. The zero-order chi connectivity index (χ0) is 27.5. The monoisotopic (exact) mass is 538 g/mol. The molecule has 0 saturated carbocycles. The Hall–Kier alpha value is -4.71. The number of nitro benzene ring substituents is 1. The Balaban J connectivity index is 1.80. The summed E-state index contributed by atoms with van der Waals surface area (Å²) < 4.78 is 38.7. The highest BCUT2D eigenvalue weighted by atomic mass is 32.2. The van der Waals surface area contributed by atoms with Gasteiger partial charge in [-0.3, -0.25) is 19.2 Å². The summed E-state index contributed by atoms with van der Waals surface area (Å²) in [5.41, 5.74) is 2.78. The Kier molecular flexibility index (Phi) is 9.54. The lowest BCUT2D eigenvalue weighted by molar-refractivity contribution is -0.384. The van der Waals surface area contributed by atoms with Crippen LogP contribution in [0.1, 0.15) is 12.5 Å². The van der Waals surface area contributed by atoms with E-state index in [0.717, 1.165) is 16.4 Å². The number of nitro groups is 1. The Morgan fingerprint density at radius 1 is 1.08 bits per heavy atom. The second kappa shape index (κ2) is 13.0. The number of non-ortho nitro benzene ring substituents is 1. The summed E-state index contributed by atoms with van der Waals surface area (Å²) in [5.74, 6) is 0.288. The van der Waals surface area contributed by atoms with Gasteiger partial charge in [0, 0.05) is 12.1 Å². The number of rotatable bonds is 13. The van der Waals surface area contributed by atoms with Crippen molar-refractivity contribution in [1.82, 2.24) is 5.43 Å². The van der Waals surface area contributed by atoms with E-state index in [1.54, 1.807) is 42.5 Å². The minimum absolute atomic E-state index is 0.0446. The van der Waals surface area contributed by atoms with Crippen molar-refractivity contribution in [2.75, 3.05) is 24.1 Å². The van der Waals surface area contributed by atoms with Gasteiger partial charge in [-0.2, -0.15) is 5.10 Å². The number of hydrogen-bond acceptors (Lipinski definition) is 8. The maximum absolute atomic E-state index is 13.3. The normalized spacial score (nSPS) is 11.1. The van der Waals surface area contributed by atoms with Gasteiger partial charge in [-0.25, -0.2) is 13.8 Å². The van der Waals surface area contributed by atoms with E-state index >= 15 is 0 Å². The van der Waals surface area contributed by atoms with Gasteiger partial charge in [0.2, 0.25) is 0 Å². The van der Waals surface area contributed by atoms with E-state index in [2.05, 4.69) is 17.1 Å². The lowest BCUT2D eigenvalue weighted by atomic mass is 10.2. The SMILES string of the molecule is C=CCOc1ccc(/C=N\NC(=O)CN(c2ccc([N+](=O)[O-])cc2)S(=O)(=O)c2ccccc2)cc1OCC. The molecule has 0 heterocycles. The zero-order valence-electron chi connectivity index (χ0n) is 20.5. The summed E-state index contributed by atoms with van der Waals surface area (Å²) in [5, 5.41) is 14.9. The average Bonchev–Trinajstić information content (AvgIpc) is 2.92. The second-order valence-electron chi connectivity index (χ2n) is 7.63. The lowest BCUT2D eigenvalue weighted by Gasteiger charge is -2.23. The van der Waals surface area contributed by atoms with Crippen LogP contribution < -0.4 is 19.2 Å². The number of hydrazone groups is 1. The highest BCUT2D eigenvalue weighted by Crippen LogP contribution is 2.28. The van der Waals surface area contributed by atoms with Gasteiger partial charge < -0.3 is 9.47 Å². The lowest BCUT2D eigenvalue weighted by Crippen LogP contribution is -2.39. The molecule has 38 heavy (non-hydrogen) atoms. The van der Waals surface area contributed by atoms with E-state index < -0.39 is 27.4 Å². The Bertz CT molecular complexity index is 1410. The molecule has 0 aliphatic heterocycles. The van der Waals surface area contributed by atoms with E-state index in [9.17, 15) is 23.3 Å². The number of amides is 1. The fourth-order valence-corrected chi connectivity index (χ4v) is 4.70. The van der Waals surface area contributed by atoms with Crippen molar-refractivity contribution in [2.24, 2.45) is 5.10 Å². The summed E-state index contributed by atoms with van der Waals surface area (Å²) in [6, 6.07) is 17.5. The quantitative estimate of drug-likeness (QED) is 0.151. The molecule has 0 unspecified atom stereocenters. The van der Waals surface area contributed by atoms with Crippen LogP contribution in [0, 0.1) is 10.1 Å². The van der Waals surface area contributed by atoms with Crippen LogP contribution in [-0.4, -0.2) is 45.2 Å². The van der Waals surface area contributed by atoms with Crippen molar-refractivity contribution in [3.8, 4) is 11.5 Å². The third-order valence-corrected chi connectivity index (χ3v) is 6.78. The predicted octanol–water partition coefficient (Wildman–Crippen LogP) is 3.90. The molecule has 3 aromatic rings. The van der Waals surface area contributed by atoms with E-state index in [1.807, 2.05) is 6.92 Å². The number of benzene rings is 3. The van der Waals surface area contributed by atoms with Crippen LogP contribution in [0.4, 0.5) is 11.4 Å². The van der Waals surface area contributed by atoms with Gasteiger partial charge in [0.05, 0.1) is 28.3 Å². The summed E-state index contributed by atoms with van der Waals surface area (Å²) in [6.07, 6.45) is 2.98. The second-order valence-corrected chi connectivity index (χ2v) is 9.49. The van der Waals surface area contributed by atoms with Gasteiger partial charge in [-0.05, 0) is 55.0 Å². The molecule has 3 rings (SSSR count). The highest BCUT2D eigenvalue weighted by molar-refractivity contribution is 7.92. The molecule has 12 heteroatoms. The minimum Gasteiger partial charge on any atom is -0.490 e. The number of carbonyl (C=O) groups is 1. The number of nitrogens with one attached hydrogen (secondary N) is 1. The molecule has 0 fully saturated rings. The molecule has 0 radical (unpaired) electrons. The number of hydrogen-bond donors (Lipinski definition) is 1. The fourth-order valence-electron chi connectivity index (χ4n) is 3.26. The number of ether oxygens (including phenoxy) is 2. The Morgan fingerprint density at radius 2 is 1.79 bits per heavy atom. The maximum Gasteiger partial charge on any atom is 0.269 e. The third-order valence-electron chi connectivity index (χ3n) is 4.99. The summed E-state index contributed by atoms with van der Waals surface area (Å²) in [6.45, 7) is 5.54. The van der Waals surface area contributed by atoms with Crippen LogP contribution in [0.5, 0.6) is 11.5 Å². The first-order valence-electron chi connectivity index (χ1n) is 11.4. The molecule has 0 aromatic heterocycles. The van der Waals surface area contributed by atoms with Crippen molar-refractivity contribution < 1.29 is 27.6 Å². The van der Waals surface area contributed by atoms with Crippen molar-refractivity contribution in [1.29, 1.82) is 0 Å². The van der Waals surface area contributed by atoms with Crippen molar-refractivity contribution >= 4 is 33.5 Å². The Labute approximate surface area is 220 Å². The first kappa shape index (κ1) is 27.9. The molecule has 1 N–H and O–H groups in total. The zero-order valence-corrected chi connectivity index (χ0v) is 21.3.